The molecule has 6 heteroatoms. The first-order valence-electron chi connectivity index (χ1n) is 9.91. The molecule has 0 N–H and O–H groups in total. The Hall–Kier alpha value is -2.21. The van der Waals surface area contributed by atoms with E-state index < -0.39 is 0 Å². The number of likely N-dealkylation sites (tertiary alicyclic amines) is 2. The Morgan fingerprint density at radius 2 is 2.07 bits per heavy atom. The summed E-state index contributed by atoms with van der Waals surface area (Å²) in [6, 6.07) is 4.13. The normalized spacial score (nSPS) is 23.9. The van der Waals surface area contributed by atoms with Crippen molar-refractivity contribution in [3.05, 3.63) is 47.1 Å². The van der Waals surface area contributed by atoms with Crippen molar-refractivity contribution in [2.24, 2.45) is 0 Å². The second kappa shape index (κ2) is 7.43. The first-order valence-corrected chi connectivity index (χ1v) is 9.91. The maximum Gasteiger partial charge on any atom is 0.223 e. The molecule has 0 saturated carbocycles. The number of carbonyl (C=O) groups excluding carboxylic acids is 1. The lowest BCUT2D eigenvalue weighted by molar-refractivity contribution is -0.132. The SMILES string of the molecule is Cc1noc(C)c1CN1C(=O)CCC12CCCN(Cc1cccnc1)CC2. The molecule has 0 radical (unpaired) electrons. The third kappa shape index (κ3) is 3.63. The van der Waals surface area contributed by atoms with E-state index in [1.807, 2.05) is 32.3 Å². The predicted molar refractivity (Wildman–Crippen MR) is 102 cm³/mol. The van der Waals surface area contributed by atoms with Crippen LogP contribution in [0.3, 0.4) is 0 Å². The van der Waals surface area contributed by atoms with E-state index in [2.05, 4.69) is 26.0 Å². The molecule has 1 unspecified atom stereocenters. The minimum atomic E-state index is -0.0169. The van der Waals surface area contributed by atoms with Crippen LogP contribution in [0.1, 0.15) is 54.7 Å². The van der Waals surface area contributed by atoms with E-state index in [1.165, 1.54) is 5.56 Å². The molecule has 1 amide bonds. The van der Waals surface area contributed by atoms with Gasteiger partial charge in [-0.3, -0.25) is 14.7 Å². The van der Waals surface area contributed by atoms with Gasteiger partial charge in [0.1, 0.15) is 5.76 Å². The van der Waals surface area contributed by atoms with Crippen LogP contribution in [0.15, 0.2) is 29.0 Å². The van der Waals surface area contributed by atoms with Gasteiger partial charge in [0, 0.05) is 43.0 Å². The first-order chi connectivity index (χ1) is 13.1. The smallest absolute Gasteiger partial charge is 0.223 e. The van der Waals surface area contributed by atoms with E-state index in [9.17, 15) is 4.79 Å². The zero-order chi connectivity index (χ0) is 18.9. The molecule has 1 spiro atoms. The number of carbonyl (C=O) groups is 1. The van der Waals surface area contributed by atoms with E-state index in [0.29, 0.717) is 13.0 Å². The summed E-state index contributed by atoms with van der Waals surface area (Å²) in [6.45, 7) is 7.54. The molecule has 0 aromatic carbocycles. The molecule has 4 rings (SSSR count). The van der Waals surface area contributed by atoms with Gasteiger partial charge in [-0.2, -0.15) is 0 Å². The number of amides is 1. The van der Waals surface area contributed by atoms with Gasteiger partial charge in [0.2, 0.25) is 5.91 Å². The summed E-state index contributed by atoms with van der Waals surface area (Å²) < 4.78 is 5.32. The number of nitrogens with zero attached hydrogens (tertiary/aromatic N) is 4. The maximum atomic E-state index is 12.7. The zero-order valence-electron chi connectivity index (χ0n) is 16.3. The van der Waals surface area contributed by atoms with Gasteiger partial charge in [-0.05, 0) is 57.7 Å². The lowest BCUT2D eigenvalue weighted by Crippen LogP contribution is -2.46. The van der Waals surface area contributed by atoms with Crippen molar-refractivity contribution >= 4 is 5.91 Å². The molecule has 2 aromatic rings. The number of hydrogen-bond acceptors (Lipinski definition) is 5. The summed E-state index contributed by atoms with van der Waals surface area (Å²) in [5.74, 6) is 1.10. The number of aromatic nitrogens is 2. The highest BCUT2D eigenvalue weighted by Crippen LogP contribution is 2.40. The van der Waals surface area contributed by atoms with E-state index >= 15 is 0 Å². The molecule has 1 atom stereocenters. The average molecular weight is 368 g/mol. The van der Waals surface area contributed by atoms with Crippen LogP contribution in [0.2, 0.25) is 0 Å². The molecule has 4 heterocycles. The van der Waals surface area contributed by atoms with E-state index in [0.717, 1.165) is 62.3 Å². The monoisotopic (exact) mass is 368 g/mol. The van der Waals surface area contributed by atoms with Crippen LogP contribution in [-0.2, 0) is 17.9 Å². The molecular weight excluding hydrogens is 340 g/mol. The van der Waals surface area contributed by atoms with Crippen LogP contribution in [0.5, 0.6) is 0 Å². The zero-order valence-corrected chi connectivity index (χ0v) is 16.3. The summed E-state index contributed by atoms with van der Waals surface area (Å²) in [6.07, 6.45) is 8.61. The van der Waals surface area contributed by atoms with Crippen LogP contribution in [0.4, 0.5) is 0 Å². The molecule has 2 saturated heterocycles. The lowest BCUT2D eigenvalue weighted by Gasteiger charge is -2.38. The standard InChI is InChI=1S/C21H28N4O2/c1-16-19(17(2)27-23-16)15-25-20(26)6-8-21(25)7-4-11-24(12-9-21)14-18-5-3-10-22-13-18/h3,5,10,13H,4,6-9,11-12,14-15H2,1-2H3. The topological polar surface area (TPSA) is 62.5 Å². The summed E-state index contributed by atoms with van der Waals surface area (Å²) in [5, 5.41) is 4.07. The summed E-state index contributed by atoms with van der Waals surface area (Å²) >= 11 is 0. The Labute approximate surface area is 160 Å². The largest absolute Gasteiger partial charge is 0.361 e. The molecule has 27 heavy (non-hydrogen) atoms. The van der Waals surface area contributed by atoms with E-state index in [1.54, 1.807) is 0 Å². The Kier molecular flexibility index (Phi) is 5.00. The second-order valence-electron chi connectivity index (χ2n) is 8.00. The average Bonchev–Trinajstić information content (AvgIpc) is 3.05. The summed E-state index contributed by atoms with van der Waals surface area (Å²) in [4.78, 5) is 21.6. The molecule has 0 aliphatic carbocycles. The number of aryl methyl sites for hydroxylation is 2. The van der Waals surface area contributed by atoms with Crippen LogP contribution < -0.4 is 0 Å². The lowest BCUT2D eigenvalue weighted by atomic mass is 9.87. The highest BCUT2D eigenvalue weighted by molar-refractivity contribution is 5.79. The fourth-order valence-electron chi connectivity index (χ4n) is 4.68. The summed E-state index contributed by atoms with van der Waals surface area (Å²) in [5.41, 5.74) is 3.20. The van der Waals surface area contributed by atoms with Crippen molar-refractivity contribution in [2.45, 2.75) is 64.6 Å². The van der Waals surface area contributed by atoms with Gasteiger partial charge in [-0.1, -0.05) is 11.2 Å². The van der Waals surface area contributed by atoms with Gasteiger partial charge in [0.25, 0.3) is 0 Å². The Morgan fingerprint density at radius 3 is 2.81 bits per heavy atom. The molecule has 2 aliphatic rings. The first kappa shape index (κ1) is 18.2. The highest BCUT2D eigenvalue weighted by atomic mass is 16.5. The van der Waals surface area contributed by atoms with Crippen molar-refractivity contribution in [1.29, 1.82) is 0 Å². The highest BCUT2D eigenvalue weighted by Gasteiger charge is 2.46. The number of pyridine rings is 1. The van der Waals surface area contributed by atoms with Gasteiger partial charge < -0.3 is 9.42 Å². The van der Waals surface area contributed by atoms with Gasteiger partial charge in [-0.15, -0.1) is 0 Å². The van der Waals surface area contributed by atoms with Gasteiger partial charge in [0.05, 0.1) is 12.2 Å². The fourth-order valence-corrected chi connectivity index (χ4v) is 4.68. The fraction of sp³-hybridized carbons (Fsp3) is 0.571. The van der Waals surface area contributed by atoms with Gasteiger partial charge in [-0.25, -0.2) is 0 Å². The quantitative estimate of drug-likeness (QED) is 0.829. The van der Waals surface area contributed by atoms with Crippen molar-refractivity contribution in [2.75, 3.05) is 13.1 Å². The van der Waals surface area contributed by atoms with E-state index in [4.69, 9.17) is 4.52 Å². The van der Waals surface area contributed by atoms with Crippen molar-refractivity contribution < 1.29 is 9.32 Å². The number of hydrogen-bond donors (Lipinski definition) is 0. The van der Waals surface area contributed by atoms with Crippen LogP contribution in [-0.4, -0.2) is 44.5 Å². The molecule has 2 aromatic heterocycles. The summed E-state index contributed by atoms with van der Waals surface area (Å²) in [7, 11) is 0. The Bertz CT molecular complexity index is 784. The Morgan fingerprint density at radius 1 is 1.19 bits per heavy atom. The predicted octanol–water partition coefficient (Wildman–Crippen LogP) is 3.23. The van der Waals surface area contributed by atoms with E-state index in [-0.39, 0.29) is 11.4 Å². The molecular formula is C21H28N4O2. The van der Waals surface area contributed by atoms with Crippen molar-refractivity contribution in [3.63, 3.8) is 0 Å². The maximum absolute atomic E-state index is 12.7. The minimum Gasteiger partial charge on any atom is -0.361 e. The van der Waals surface area contributed by atoms with Gasteiger partial charge in [0.15, 0.2) is 0 Å². The van der Waals surface area contributed by atoms with Crippen molar-refractivity contribution in [1.82, 2.24) is 19.9 Å². The van der Waals surface area contributed by atoms with Crippen molar-refractivity contribution in [3.8, 4) is 0 Å². The molecule has 2 aliphatic heterocycles. The third-order valence-corrected chi connectivity index (χ3v) is 6.31. The van der Waals surface area contributed by atoms with Crippen LogP contribution in [0, 0.1) is 13.8 Å². The molecule has 6 nitrogen and oxygen atoms in total. The second-order valence-corrected chi connectivity index (χ2v) is 8.00. The molecule has 2 fully saturated rings. The minimum absolute atomic E-state index is 0.0169. The number of rotatable bonds is 4. The molecule has 144 valence electrons. The van der Waals surface area contributed by atoms with Crippen LogP contribution in [0.25, 0.3) is 0 Å². The Balaban J connectivity index is 1.49. The third-order valence-electron chi connectivity index (χ3n) is 6.31. The molecule has 0 bridgehead atoms. The van der Waals surface area contributed by atoms with Gasteiger partial charge >= 0.3 is 0 Å². The van der Waals surface area contributed by atoms with Crippen LogP contribution >= 0.6 is 0 Å².